The highest BCUT2D eigenvalue weighted by Crippen LogP contribution is 2.29. The lowest BCUT2D eigenvalue weighted by Crippen LogP contribution is -2.30. The molecule has 0 atom stereocenters. The average molecular weight is 580 g/mol. The van der Waals surface area contributed by atoms with E-state index in [4.69, 9.17) is 50.0 Å². The van der Waals surface area contributed by atoms with Gasteiger partial charge in [-0.1, -0.05) is 0 Å². The number of rotatable bonds is 10. The molecule has 0 aliphatic heterocycles. The first-order valence-corrected chi connectivity index (χ1v) is 14.1. The molecule has 0 bridgehead atoms. The van der Waals surface area contributed by atoms with E-state index in [1.165, 1.54) is 22.7 Å². The minimum Gasteiger partial charge on any atom is -0.488 e. The van der Waals surface area contributed by atoms with Crippen LogP contribution < -0.4 is 15.2 Å². The molecule has 0 aliphatic carbocycles. The Kier molecular flexibility index (Phi) is 12.0. The van der Waals surface area contributed by atoms with Gasteiger partial charge >= 0.3 is 0 Å². The monoisotopic (exact) mass is 578 g/mol. The maximum atomic E-state index is 11.4. The molecule has 0 fully saturated rings. The number of benzene rings is 1. The number of likely N-dealkylation sites (N-methyl/N-ethyl adjacent to an activating group) is 2. The SMILES string of the molecule is CN(CCOc1ccc(N)cc1OCCN(C)S(C)(=O)=O)S(C)(=O)=O.Clc1nc(Cl)nc(Cl)n1. The highest BCUT2D eigenvalue weighted by molar-refractivity contribution is 7.88. The molecule has 34 heavy (non-hydrogen) atoms. The Morgan fingerprint density at radius 1 is 0.794 bits per heavy atom. The highest BCUT2D eigenvalue weighted by atomic mass is 35.5. The van der Waals surface area contributed by atoms with Crippen molar-refractivity contribution in [3.05, 3.63) is 34.0 Å². The number of nitrogen functional groups attached to an aromatic ring is 1. The third-order valence-corrected chi connectivity index (χ3v) is 7.12. The van der Waals surface area contributed by atoms with Gasteiger partial charge < -0.3 is 15.2 Å². The van der Waals surface area contributed by atoms with Crippen LogP contribution in [0.4, 0.5) is 5.69 Å². The van der Waals surface area contributed by atoms with E-state index >= 15 is 0 Å². The number of anilines is 1. The normalized spacial score (nSPS) is 11.8. The number of aromatic nitrogens is 3. The van der Waals surface area contributed by atoms with E-state index in [0.717, 1.165) is 12.5 Å². The van der Waals surface area contributed by atoms with Crippen molar-refractivity contribution in [3.8, 4) is 11.5 Å². The summed E-state index contributed by atoms with van der Waals surface area (Å²) in [5.41, 5.74) is 6.20. The maximum absolute atomic E-state index is 11.4. The molecule has 0 unspecified atom stereocenters. The van der Waals surface area contributed by atoms with Gasteiger partial charge in [-0.05, 0) is 46.9 Å². The van der Waals surface area contributed by atoms with E-state index in [9.17, 15) is 16.8 Å². The van der Waals surface area contributed by atoms with Crippen LogP contribution in [0.25, 0.3) is 0 Å². The Bertz CT molecular complexity index is 1120. The molecule has 1 aromatic heterocycles. The van der Waals surface area contributed by atoms with Gasteiger partial charge in [0, 0.05) is 38.9 Å². The van der Waals surface area contributed by atoms with Crippen LogP contribution in [0.2, 0.25) is 15.9 Å². The van der Waals surface area contributed by atoms with Crippen molar-refractivity contribution in [2.24, 2.45) is 0 Å². The predicted octanol–water partition coefficient (Wildman–Crippen LogP) is 1.64. The smallest absolute Gasteiger partial charge is 0.227 e. The second-order valence-electron chi connectivity index (χ2n) is 6.71. The van der Waals surface area contributed by atoms with Crippen molar-refractivity contribution in [3.63, 3.8) is 0 Å². The fourth-order valence-electron chi connectivity index (χ4n) is 1.96. The molecule has 2 N–H and O–H groups in total. The second-order valence-corrected chi connectivity index (χ2v) is 11.9. The molecule has 2 rings (SSSR count). The molecule has 12 nitrogen and oxygen atoms in total. The number of nitrogens with two attached hydrogens (primary N) is 1. The zero-order chi connectivity index (χ0) is 26.1. The Morgan fingerprint density at radius 3 is 1.56 bits per heavy atom. The van der Waals surface area contributed by atoms with Crippen LogP contribution >= 0.6 is 34.8 Å². The summed E-state index contributed by atoms with van der Waals surface area (Å²) in [5.74, 6) is 0.766. The molecule has 0 amide bonds. The van der Waals surface area contributed by atoms with E-state index in [2.05, 4.69) is 15.0 Å². The van der Waals surface area contributed by atoms with Crippen LogP contribution in [0.15, 0.2) is 18.2 Å². The van der Waals surface area contributed by atoms with Gasteiger partial charge in [-0.25, -0.2) is 25.4 Å². The molecule has 17 heteroatoms. The van der Waals surface area contributed by atoms with Crippen molar-refractivity contribution in [1.82, 2.24) is 23.6 Å². The zero-order valence-corrected chi connectivity index (χ0v) is 22.7. The second kappa shape index (κ2) is 13.4. The maximum Gasteiger partial charge on any atom is 0.227 e. The van der Waals surface area contributed by atoms with Crippen molar-refractivity contribution >= 4 is 60.5 Å². The fourth-order valence-corrected chi connectivity index (χ4v) is 3.38. The molecule has 0 saturated heterocycles. The minimum atomic E-state index is -3.28. The molecule has 0 spiro atoms. The first kappa shape index (κ1) is 30.4. The van der Waals surface area contributed by atoms with Crippen LogP contribution in [-0.2, 0) is 20.0 Å². The van der Waals surface area contributed by atoms with Gasteiger partial charge in [-0.15, -0.1) is 0 Å². The Hall–Kier alpha value is -1.68. The van der Waals surface area contributed by atoms with Crippen molar-refractivity contribution in [2.75, 3.05) is 58.6 Å². The van der Waals surface area contributed by atoms with Crippen LogP contribution in [0.1, 0.15) is 0 Å². The van der Waals surface area contributed by atoms with E-state index in [1.807, 2.05) is 0 Å². The van der Waals surface area contributed by atoms with Gasteiger partial charge in [0.15, 0.2) is 11.5 Å². The fraction of sp³-hybridized carbons (Fsp3) is 0.471. The summed E-state index contributed by atoms with van der Waals surface area (Å²) in [6, 6.07) is 4.81. The van der Waals surface area contributed by atoms with Crippen LogP contribution in [0.3, 0.4) is 0 Å². The summed E-state index contributed by atoms with van der Waals surface area (Å²) in [4.78, 5) is 10.4. The Morgan fingerprint density at radius 2 is 1.18 bits per heavy atom. The predicted molar refractivity (Wildman–Crippen MR) is 132 cm³/mol. The summed E-state index contributed by atoms with van der Waals surface area (Å²) >= 11 is 16.0. The van der Waals surface area contributed by atoms with Crippen LogP contribution in [0, 0.1) is 0 Å². The van der Waals surface area contributed by atoms with Gasteiger partial charge in [0.05, 0.1) is 12.5 Å². The summed E-state index contributed by atoms with van der Waals surface area (Å²) in [6.07, 6.45) is 2.23. The number of sulfonamides is 2. The summed E-state index contributed by atoms with van der Waals surface area (Å²) < 4.78 is 58.9. The van der Waals surface area contributed by atoms with E-state index in [0.29, 0.717) is 17.2 Å². The third kappa shape index (κ3) is 11.6. The number of ether oxygens (including phenoxy) is 2. The molecular formula is C17H25Cl3N6O6S2. The highest BCUT2D eigenvalue weighted by Gasteiger charge is 2.13. The van der Waals surface area contributed by atoms with Crippen molar-refractivity contribution < 1.29 is 26.3 Å². The zero-order valence-electron chi connectivity index (χ0n) is 18.8. The first-order chi connectivity index (χ1) is 15.6. The van der Waals surface area contributed by atoms with Gasteiger partial charge in [-0.3, -0.25) is 0 Å². The van der Waals surface area contributed by atoms with Crippen LogP contribution in [-0.4, -0.2) is 93.3 Å². The summed E-state index contributed by atoms with van der Waals surface area (Å²) in [7, 11) is -3.64. The minimum absolute atomic E-state index is 0.000000000000000444. The number of hydrogen-bond acceptors (Lipinski definition) is 10. The molecule has 1 heterocycles. The lowest BCUT2D eigenvalue weighted by molar-refractivity contribution is 0.247. The van der Waals surface area contributed by atoms with Gasteiger partial charge in [0.25, 0.3) is 0 Å². The average Bonchev–Trinajstić information content (AvgIpc) is 2.67. The number of nitrogens with zero attached hydrogens (tertiary/aromatic N) is 5. The standard InChI is InChI=1S/C14H25N3O6S2.C3Cl3N3/c1-16(24(3,18)19)7-9-22-13-6-5-12(15)11-14(13)23-10-8-17(2)25(4,20)21;4-1-7-2(5)9-3(6)8-1/h5-6,11H,7-10,15H2,1-4H3;. The van der Waals surface area contributed by atoms with Crippen molar-refractivity contribution in [1.29, 1.82) is 0 Å². The molecular weight excluding hydrogens is 555 g/mol. The van der Waals surface area contributed by atoms with Gasteiger partial charge in [0.1, 0.15) is 13.2 Å². The summed E-state index contributed by atoms with van der Waals surface area (Å²) in [5, 5.41) is 0.00000000000000178. The van der Waals surface area contributed by atoms with Gasteiger partial charge in [0.2, 0.25) is 35.9 Å². The topological polar surface area (TPSA) is 158 Å². The van der Waals surface area contributed by atoms with E-state index in [-0.39, 0.29) is 42.2 Å². The quantitative estimate of drug-likeness (QED) is 0.410. The van der Waals surface area contributed by atoms with E-state index < -0.39 is 20.0 Å². The van der Waals surface area contributed by atoms with E-state index in [1.54, 1.807) is 18.2 Å². The largest absolute Gasteiger partial charge is 0.488 e. The lowest BCUT2D eigenvalue weighted by atomic mass is 10.3. The first-order valence-electron chi connectivity index (χ1n) is 9.30. The lowest BCUT2D eigenvalue weighted by Gasteiger charge is -2.18. The molecule has 2 aromatic rings. The van der Waals surface area contributed by atoms with Crippen LogP contribution in [0.5, 0.6) is 11.5 Å². The van der Waals surface area contributed by atoms with Crippen molar-refractivity contribution in [2.45, 2.75) is 0 Å². The molecule has 0 saturated carbocycles. The number of halogens is 3. The molecule has 0 aliphatic rings. The Labute approximate surface area is 214 Å². The molecule has 1 aromatic carbocycles. The third-order valence-electron chi connectivity index (χ3n) is 3.98. The van der Waals surface area contributed by atoms with Gasteiger partial charge in [-0.2, -0.15) is 15.0 Å². The molecule has 0 radical (unpaired) electrons. The Balaban J connectivity index is 0.000000533. The number of hydrogen-bond donors (Lipinski definition) is 1. The summed E-state index contributed by atoms with van der Waals surface area (Å²) in [6.45, 7) is 0.600. The molecule has 192 valence electrons.